The topological polar surface area (TPSA) is 0 Å². The monoisotopic (exact) mass is 272 g/mol. The molecule has 0 saturated carbocycles. The van der Waals surface area contributed by atoms with Crippen LogP contribution in [0.2, 0.25) is 0 Å². The zero-order chi connectivity index (χ0) is 11.0. The molecule has 0 amide bonds. The minimum Gasteiger partial charge on any atom is -0.448 e. The van der Waals surface area contributed by atoms with Gasteiger partial charge in [-0.05, 0) is 10.3 Å². The number of hydrogen-bond donors (Lipinski definition) is 0. The van der Waals surface area contributed by atoms with Crippen molar-refractivity contribution >= 4 is 18.3 Å². The average Bonchev–Trinajstić information content (AvgIpc) is 2.31. The van der Waals surface area contributed by atoms with E-state index in [4.69, 9.17) is 0 Å². The summed E-state index contributed by atoms with van der Waals surface area (Å²) in [5.41, 5.74) is 0. The van der Waals surface area contributed by atoms with Gasteiger partial charge in [-0.2, -0.15) is 24.5 Å². The Kier molecular flexibility index (Phi) is 5.91. The molecule has 9 heteroatoms. The number of alkyl halides is 3. The summed E-state index contributed by atoms with van der Waals surface area (Å²) in [5.74, 6) is -3.30. The zero-order valence-electron chi connectivity index (χ0n) is 7.56. The Hall–Kier alpha value is 0.981. The summed E-state index contributed by atoms with van der Waals surface area (Å²) in [6, 6.07) is 2.01. The molecule has 0 fully saturated rings. The van der Waals surface area contributed by atoms with Crippen molar-refractivity contribution in [3.8, 4) is 0 Å². The Labute approximate surface area is 129 Å². The first-order valence-corrected chi connectivity index (χ1v) is 4.41. The Morgan fingerprint density at radius 2 is 1.73 bits per heavy atom. The summed E-state index contributed by atoms with van der Waals surface area (Å²) in [7, 11) is 0. The molecule has 0 saturated heterocycles. The van der Waals surface area contributed by atoms with Crippen LogP contribution < -0.4 is 51.4 Å². The van der Waals surface area contributed by atoms with Crippen molar-refractivity contribution in [3.05, 3.63) is 22.4 Å². The van der Waals surface area contributed by atoms with E-state index in [9.17, 15) is 26.1 Å². The Bertz CT molecular complexity index is 278. The van der Waals surface area contributed by atoms with Crippen LogP contribution in [0, 0.1) is 0 Å². The molecule has 0 aliphatic rings. The summed E-state index contributed by atoms with van der Waals surface area (Å²) < 4.78 is 72.6. The van der Waals surface area contributed by atoms with Gasteiger partial charge >= 0.3 is 64.5 Å². The van der Waals surface area contributed by atoms with Gasteiger partial charge in [0.05, 0.1) is 5.82 Å². The van der Waals surface area contributed by atoms with Crippen molar-refractivity contribution in [1.82, 2.24) is 0 Å². The first-order valence-electron chi connectivity index (χ1n) is 3.53. The maximum absolute atomic E-state index is 12.1. The van der Waals surface area contributed by atoms with Crippen LogP contribution in [0.15, 0.2) is 17.5 Å². The normalized spacial score (nSPS) is 14.5. The second-order valence-corrected chi connectivity index (χ2v) is 3.64. The summed E-state index contributed by atoms with van der Waals surface area (Å²) in [4.78, 5) is -0.704. The Morgan fingerprint density at radius 3 is 2.00 bits per heavy atom. The van der Waals surface area contributed by atoms with Crippen molar-refractivity contribution in [2.45, 2.75) is 12.0 Å². The molecule has 0 nitrogen and oxygen atoms in total. The van der Waals surface area contributed by atoms with Crippen LogP contribution in [-0.2, 0) is 0 Å². The van der Waals surface area contributed by atoms with Crippen molar-refractivity contribution in [2.75, 3.05) is 0 Å². The van der Waals surface area contributed by atoms with E-state index in [1.165, 1.54) is 11.4 Å². The summed E-state index contributed by atoms with van der Waals surface area (Å²) in [6.07, 6.45) is -5.26. The molecule has 1 unspecified atom stereocenters. The third kappa shape index (κ3) is 4.39. The predicted octanol–water partition coefficient (Wildman–Crippen LogP) is 0.785. The van der Waals surface area contributed by atoms with Crippen LogP contribution in [0.1, 0.15) is 10.7 Å². The number of hydrogen-bond acceptors (Lipinski definition) is 1. The summed E-state index contributed by atoms with van der Waals surface area (Å²) >= 11 is 0.460. The van der Waals surface area contributed by atoms with E-state index in [0.717, 1.165) is 6.07 Å². The fraction of sp³-hybridized carbons (Fsp3) is 0.333. The van der Waals surface area contributed by atoms with Gasteiger partial charge in [-0.15, -0.1) is 0 Å². The van der Waals surface area contributed by atoms with Gasteiger partial charge in [0.2, 0.25) is 0 Å². The summed E-state index contributed by atoms with van der Waals surface area (Å²) in [5, 5.41) is 1.19. The quantitative estimate of drug-likeness (QED) is 0.551. The Morgan fingerprint density at radius 1 is 1.20 bits per heavy atom. The molecule has 80 valence electrons. The fourth-order valence-electron chi connectivity index (χ4n) is 1.03. The average molecular weight is 272 g/mol. The first kappa shape index (κ1) is 16.0. The van der Waals surface area contributed by atoms with Crippen LogP contribution in [0.5, 0.6) is 0 Å². The standard InChI is InChI=1S/C6H4BF6S.K/c8-6(9,10)5(7(11,12)13)4-2-1-3-14-4;/h1-3,5H;/q-1;+1. The molecule has 0 aliphatic carbocycles. The molecular formula is C6H4BF6KS. The minimum atomic E-state index is -5.94. The van der Waals surface area contributed by atoms with Gasteiger partial charge in [0, 0.05) is 0 Å². The van der Waals surface area contributed by atoms with E-state index in [1.807, 2.05) is 0 Å². The van der Waals surface area contributed by atoms with E-state index in [1.54, 1.807) is 0 Å². The van der Waals surface area contributed by atoms with Crippen molar-refractivity contribution in [1.29, 1.82) is 0 Å². The van der Waals surface area contributed by atoms with E-state index in [0.29, 0.717) is 11.3 Å². The van der Waals surface area contributed by atoms with E-state index in [-0.39, 0.29) is 51.4 Å². The third-order valence-electron chi connectivity index (χ3n) is 1.58. The molecule has 1 aromatic rings. The van der Waals surface area contributed by atoms with Crippen LogP contribution in [0.4, 0.5) is 26.1 Å². The molecule has 0 N–H and O–H groups in total. The molecule has 1 aromatic heterocycles. The van der Waals surface area contributed by atoms with Gasteiger partial charge < -0.3 is 12.9 Å². The molecule has 0 aromatic carbocycles. The molecule has 15 heavy (non-hydrogen) atoms. The maximum atomic E-state index is 12.1. The van der Waals surface area contributed by atoms with Crippen molar-refractivity contribution < 1.29 is 77.5 Å². The molecule has 0 spiro atoms. The minimum absolute atomic E-state index is 0. The molecule has 1 heterocycles. The predicted molar refractivity (Wildman–Crippen MR) is 42.2 cm³/mol. The van der Waals surface area contributed by atoms with Crippen LogP contribution in [0.25, 0.3) is 0 Å². The second-order valence-electron chi connectivity index (χ2n) is 2.66. The van der Waals surface area contributed by atoms with Gasteiger partial charge in [0.15, 0.2) is 0 Å². The van der Waals surface area contributed by atoms with E-state index in [2.05, 4.69) is 0 Å². The molecule has 0 aliphatic heterocycles. The van der Waals surface area contributed by atoms with Crippen LogP contribution in [0.3, 0.4) is 0 Å². The van der Waals surface area contributed by atoms with E-state index >= 15 is 0 Å². The smallest absolute Gasteiger partial charge is 0.448 e. The largest absolute Gasteiger partial charge is 1.00 e. The Balaban J connectivity index is 0.00000196. The number of thiophene rings is 1. The maximum Gasteiger partial charge on any atom is 1.00 e. The first-order chi connectivity index (χ1) is 6.23. The van der Waals surface area contributed by atoms with Crippen LogP contribution in [-0.4, -0.2) is 13.2 Å². The number of halogens is 6. The number of rotatable bonds is 2. The second kappa shape index (κ2) is 5.54. The van der Waals surface area contributed by atoms with Gasteiger partial charge in [0.25, 0.3) is 0 Å². The van der Waals surface area contributed by atoms with Crippen LogP contribution >= 0.6 is 11.3 Å². The fourth-order valence-corrected chi connectivity index (χ4v) is 1.94. The van der Waals surface area contributed by atoms with Gasteiger partial charge in [-0.3, -0.25) is 0 Å². The SMILES string of the molecule is F[B-](F)(F)C(c1cccs1)C(F)(F)F.[K+]. The van der Waals surface area contributed by atoms with Gasteiger partial charge in [-0.25, -0.2) is 0 Å². The van der Waals surface area contributed by atoms with Crippen molar-refractivity contribution in [2.24, 2.45) is 0 Å². The zero-order valence-corrected chi connectivity index (χ0v) is 11.5. The molecular weight excluding hydrogens is 268 g/mol. The van der Waals surface area contributed by atoms with Gasteiger partial charge in [-0.1, -0.05) is 12.1 Å². The molecule has 1 rings (SSSR count). The third-order valence-corrected chi connectivity index (χ3v) is 2.54. The molecule has 0 bridgehead atoms. The molecule has 1 atom stereocenters. The van der Waals surface area contributed by atoms with Gasteiger partial charge in [0.1, 0.15) is 0 Å². The summed E-state index contributed by atoms with van der Waals surface area (Å²) in [6.45, 7) is -5.94. The van der Waals surface area contributed by atoms with E-state index < -0.39 is 23.8 Å². The van der Waals surface area contributed by atoms with Crippen molar-refractivity contribution in [3.63, 3.8) is 0 Å². The molecule has 0 radical (unpaired) electrons.